The highest BCUT2D eigenvalue weighted by Crippen LogP contribution is 2.30. The molecule has 1 aliphatic rings. The summed E-state index contributed by atoms with van der Waals surface area (Å²) in [6.45, 7) is -0.0401. The zero-order valence-electron chi connectivity index (χ0n) is 18.5. The number of imidazole rings is 1. The molecule has 0 unspecified atom stereocenters. The minimum absolute atomic E-state index is 0.0696. The fraction of sp³-hybridized carbons (Fsp3) is 0.250. The largest absolute Gasteiger partial charge is 0.450 e. The molecule has 3 aromatic heterocycles. The van der Waals surface area contributed by atoms with Gasteiger partial charge in [0, 0.05) is 66.6 Å². The summed E-state index contributed by atoms with van der Waals surface area (Å²) in [7, 11) is 0. The van der Waals surface area contributed by atoms with Crippen LogP contribution in [-0.4, -0.2) is 45.5 Å². The van der Waals surface area contributed by atoms with Gasteiger partial charge in [-0.3, -0.25) is 4.79 Å². The fourth-order valence-electron chi connectivity index (χ4n) is 4.14. The number of hydrogen-bond donors (Lipinski definition) is 1. The number of nitrogens with zero attached hydrogens (tertiary/aromatic N) is 4. The van der Waals surface area contributed by atoms with Crippen LogP contribution in [-0.2, 0) is 21.6 Å². The third-order valence-corrected chi connectivity index (χ3v) is 6.02. The van der Waals surface area contributed by atoms with Crippen molar-refractivity contribution in [3.63, 3.8) is 0 Å². The third-order valence-electron chi connectivity index (χ3n) is 6.02. The van der Waals surface area contributed by atoms with Gasteiger partial charge in [-0.2, -0.15) is 8.78 Å². The molecule has 1 N–H and O–H groups in total. The highest BCUT2D eigenvalue weighted by atomic mass is 19.3. The van der Waals surface area contributed by atoms with Gasteiger partial charge < -0.3 is 19.2 Å². The van der Waals surface area contributed by atoms with Crippen molar-refractivity contribution in [2.24, 2.45) is 0 Å². The maximum absolute atomic E-state index is 15.0. The molecule has 0 bridgehead atoms. The smallest absolute Gasteiger partial charge is 0.387 e. The van der Waals surface area contributed by atoms with Gasteiger partial charge in [0.2, 0.25) is 0 Å². The molecule has 0 spiro atoms. The molecule has 1 aromatic carbocycles. The molecule has 0 atom stereocenters. The second-order valence-corrected chi connectivity index (χ2v) is 8.18. The normalized spacial score (nSPS) is 14.7. The van der Waals surface area contributed by atoms with Crippen LogP contribution in [0.1, 0.15) is 22.8 Å². The number of benzene rings is 1. The number of fused-ring (bicyclic) bond motifs is 1. The van der Waals surface area contributed by atoms with Crippen LogP contribution < -0.4 is 10.1 Å². The van der Waals surface area contributed by atoms with E-state index >= 15 is 4.39 Å². The zero-order chi connectivity index (χ0) is 24.6. The van der Waals surface area contributed by atoms with E-state index in [9.17, 15) is 13.6 Å². The van der Waals surface area contributed by atoms with E-state index in [1.54, 1.807) is 35.7 Å². The van der Waals surface area contributed by atoms with Crippen LogP contribution in [0, 0.1) is 12.7 Å². The summed E-state index contributed by atoms with van der Waals surface area (Å²) in [5.74, 6) is -0.125. The predicted octanol–water partition coefficient (Wildman–Crippen LogP) is 3.40. The Kier molecular flexibility index (Phi) is 5.85. The van der Waals surface area contributed by atoms with Gasteiger partial charge in [-0.05, 0) is 13.0 Å². The van der Waals surface area contributed by atoms with Crippen LogP contribution in [0.2, 0.25) is 0 Å². The molecule has 35 heavy (non-hydrogen) atoms. The Balaban J connectivity index is 1.52. The first-order valence-corrected chi connectivity index (χ1v) is 10.7. The Hall–Kier alpha value is -3.99. The quantitative estimate of drug-likeness (QED) is 0.384. The van der Waals surface area contributed by atoms with Crippen LogP contribution >= 0.6 is 0 Å². The van der Waals surface area contributed by atoms with Crippen molar-refractivity contribution in [1.82, 2.24) is 24.7 Å². The maximum atomic E-state index is 15.0. The number of halogens is 3. The monoisotopic (exact) mass is 483 g/mol. The predicted molar refractivity (Wildman–Crippen MR) is 118 cm³/mol. The molecule has 4 heterocycles. The number of pyridine rings is 1. The lowest BCUT2D eigenvalue weighted by molar-refractivity contribution is -0.151. The average molecular weight is 483 g/mol. The van der Waals surface area contributed by atoms with Gasteiger partial charge in [0.05, 0.1) is 5.69 Å². The van der Waals surface area contributed by atoms with Gasteiger partial charge in [0.1, 0.15) is 17.2 Å². The number of aromatic nitrogens is 4. The Morgan fingerprint density at radius 3 is 2.63 bits per heavy atom. The van der Waals surface area contributed by atoms with E-state index < -0.39 is 18.0 Å². The van der Waals surface area contributed by atoms with Crippen LogP contribution in [0.25, 0.3) is 16.8 Å². The zero-order valence-corrected chi connectivity index (χ0v) is 18.5. The summed E-state index contributed by atoms with van der Waals surface area (Å²) >= 11 is 0. The van der Waals surface area contributed by atoms with Crippen molar-refractivity contribution in [1.29, 1.82) is 0 Å². The van der Waals surface area contributed by atoms with E-state index in [1.807, 2.05) is 0 Å². The lowest BCUT2D eigenvalue weighted by atomic mass is 9.95. The number of nitrogens with one attached hydrogen (secondary N) is 1. The number of ether oxygens (including phenoxy) is 2. The van der Waals surface area contributed by atoms with Gasteiger partial charge in [0.25, 0.3) is 6.47 Å². The molecule has 0 aliphatic carbocycles. The molecular formula is C24H20F3N5O3. The van der Waals surface area contributed by atoms with Gasteiger partial charge in [0.15, 0.2) is 11.4 Å². The van der Waals surface area contributed by atoms with E-state index in [4.69, 9.17) is 4.74 Å². The molecular weight excluding hydrogens is 463 g/mol. The number of carbonyl (C=O) groups is 1. The summed E-state index contributed by atoms with van der Waals surface area (Å²) in [6.07, 6.45) is 4.76. The number of carbonyl (C=O) groups excluding carboxylic acids is 1. The Morgan fingerprint density at radius 2 is 1.97 bits per heavy atom. The van der Waals surface area contributed by atoms with Crippen molar-refractivity contribution in [2.45, 2.75) is 25.6 Å². The first-order chi connectivity index (χ1) is 16.9. The van der Waals surface area contributed by atoms with Gasteiger partial charge in [-0.1, -0.05) is 18.2 Å². The second-order valence-electron chi connectivity index (χ2n) is 8.18. The van der Waals surface area contributed by atoms with E-state index in [0.29, 0.717) is 53.5 Å². The van der Waals surface area contributed by atoms with Crippen LogP contribution in [0.5, 0.6) is 5.75 Å². The molecule has 1 saturated heterocycles. The Morgan fingerprint density at radius 1 is 1.23 bits per heavy atom. The lowest BCUT2D eigenvalue weighted by Gasteiger charge is -2.38. The molecule has 0 amide bonds. The Bertz CT molecular complexity index is 1390. The van der Waals surface area contributed by atoms with Crippen LogP contribution in [0.4, 0.5) is 13.2 Å². The highest BCUT2D eigenvalue weighted by Gasteiger charge is 2.43. The van der Waals surface area contributed by atoms with E-state index in [2.05, 4.69) is 25.0 Å². The molecule has 5 rings (SSSR count). The highest BCUT2D eigenvalue weighted by molar-refractivity contribution is 5.65. The molecule has 180 valence electrons. The number of aryl methyl sites for hydroxylation is 1. The second kappa shape index (κ2) is 8.99. The van der Waals surface area contributed by atoms with Crippen molar-refractivity contribution >= 4 is 12.1 Å². The van der Waals surface area contributed by atoms with Gasteiger partial charge >= 0.3 is 6.61 Å². The first kappa shape index (κ1) is 22.8. The number of rotatable bonds is 8. The van der Waals surface area contributed by atoms with Crippen LogP contribution in [0.15, 0.2) is 48.9 Å². The molecule has 1 fully saturated rings. The fourth-order valence-corrected chi connectivity index (χ4v) is 4.14. The van der Waals surface area contributed by atoms with Crippen LogP contribution in [0.3, 0.4) is 0 Å². The number of alkyl halides is 2. The topological polar surface area (TPSA) is 90.6 Å². The van der Waals surface area contributed by atoms with Crippen molar-refractivity contribution in [2.75, 3.05) is 13.1 Å². The summed E-state index contributed by atoms with van der Waals surface area (Å²) in [5, 5.41) is 3.02. The SMILES string of the molecule is Cc1nc2cc(F)c(-c3cnc(C4(OC=O)CNC4)nc3)cn2c1Cc1ccccc1OC(F)F. The molecule has 1 aliphatic heterocycles. The third kappa shape index (κ3) is 4.18. The van der Waals surface area contributed by atoms with E-state index in [-0.39, 0.29) is 17.7 Å². The molecule has 4 aromatic rings. The molecule has 0 saturated carbocycles. The number of hydrogen-bond acceptors (Lipinski definition) is 7. The van der Waals surface area contributed by atoms with Crippen molar-refractivity contribution in [3.05, 3.63) is 77.5 Å². The molecule has 8 nitrogen and oxygen atoms in total. The molecule has 0 radical (unpaired) electrons. The minimum Gasteiger partial charge on any atom is -0.450 e. The van der Waals surface area contributed by atoms with E-state index in [1.165, 1.54) is 24.5 Å². The molecule has 11 heteroatoms. The average Bonchev–Trinajstić information content (AvgIpc) is 3.10. The first-order valence-electron chi connectivity index (χ1n) is 10.7. The summed E-state index contributed by atoms with van der Waals surface area (Å²) < 4.78 is 52.3. The van der Waals surface area contributed by atoms with E-state index in [0.717, 1.165) is 0 Å². The van der Waals surface area contributed by atoms with Gasteiger partial charge in [-0.15, -0.1) is 0 Å². The number of para-hydroxylation sites is 1. The Labute approximate surface area is 197 Å². The van der Waals surface area contributed by atoms with Gasteiger partial charge in [-0.25, -0.2) is 19.3 Å². The lowest BCUT2D eigenvalue weighted by Crippen LogP contribution is -2.59. The summed E-state index contributed by atoms with van der Waals surface area (Å²) in [4.78, 5) is 23.9. The van der Waals surface area contributed by atoms with Crippen molar-refractivity contribution < 1.29 is 27.4 Å². The standard InChI is InChI=1S/C24H20F3N5O3/c1-14-19(6-15-4-2-3-5-20(15)35-23(26)27)32-10-17(18(25)7-21(32)31-14)16-8-29-22(30-9-16)24(34-13-33)11-28-12-24/h2-5,7-10,13,23,28H,6,11-12H2,1H3. The summed E-state index contributed by atoms with van der Waals surface area (Å²) in [5.41, 5.74) is 1.98. The maximum Gasteiger partial charge on any atom is 0.387 e. The van der Waals surface area contributed by atoms with Crippen molar-refractivity contribution in [3.8, 4) is 16.9 Å². The minimum atomic E-state index is -2.95. The summed E-state index contributed by atoms with van der Waals surface area (Å²) in [6, 6.07) is 7.82.